The summed E-state index contributed by atoms with van der Waals surface area (Å²) in [6.45, 7) is 7.68. The monoisotopic (exact) mass is 179 g/mol. The van der Waals surface area contributed by atoms with E-state index >= 15 is 0 Å². The largest absolute Gasteiger partial charge is 0.332 e. The predicted octanol–water partition coefficient (Wildman–Crippen LogP) is 1.11. The fraction of sp³-hybridized carbons (Fsp3) is 0.700. The summed E-state index contributed by atoms with van der Waals surface area (Å²) in [4.78, 5) is 4.30. The van der Waals surface area contributed by atoms with Crippen molar-refractivity contribution in [3.8, 4) is 0 Å². The molecule has 72 valence electrons. The molecule has 1 fully saturated rings. The molecule has 1 saturated heterocycles. The molecule has 1 aliphatic rings. The van der Waals surface area contributed by atoms with Gasteiger partial charge < -0.3 is 9.88 Å². The van der Waals surface area contributed by atoms with Gasteiger partial charge in [-0.15, -0.1) is 0 Å². The van der Waals surface area contributed by atoms with E-state index in [4.69, 9.17) is 0 Å². The van der Waals surface area contributed by atoms with Gasteiger partial charge >= 0.3 is 0 Å². The van der Waals surface area contributed by atoms with Crippen LogP contribution in [0.4, 0.5) is 0 Å². The summed E-state index contributed by atoms with van der Waals surface area (Å²) in [7, 11) is 0. The topological polar surface area (TPSA) is 29.9 Å². The highest BCUT2D eigenvalue weighted by atomic mass is 15.1. The van der Waals surface area contributed by atoms with Gasteiger partial charge in [-0.05, 0) is 39.3 Å². The molecule has 3 heteroatoms. The Morgan fingerprint density at radius 2 is 2.46 bits per heavy atom. The van der Waals surface area contributed by atoms with E-state index in [1.165, 1.54) is 18.7 Å². The Labute approximate surface area is 79.2 Å². The third-order valence-corrected chi connectivity index (χ3v) is 2.86. The van der Waals surface area contributed by atoms with Gasteiger partial charge in [0.25, 0.3) is 0 Å². The molecule has 0 spiro atoms. The number of rotatable bonds is 2. The van der Waals surface area contributed by atoms with E-state index in [1.54, 1.807) is 0 Å². The number of nitrogens with one attached hydrogen (secondary N) is 1. The van der Waals surface area contributed by atoms with Crippen molar-refractivity contribution in [1.82, 2.24) is 14.9 Å². The molecule has 3 nitrogen and oxygen atoms in total. The van der Waals surface area contributed by atoms with Crippen molar-refractivity contribution in [3.05, 3.63) is 17.7 Å². The van der Waals surface area contributed by atoms with Gasteiger partial charge in [0.2, 0.25) is 0 Å². The third-order valence-electron chi connectivity index (χ3n) is 2.86. The van der Waals surface area contributed by atoms with E-state index in [9.17, 15) is 0 Å². The summed E-state index contributed by atoms with van der Waals surface area (Å²) in [5.74, 6) is 1.94. The maximum absolute atomic E-state index is 4.30. The molecule has 1 unspecified atom stereocenters. The van der Waals surface area contributed by atoms with Crippen LogP contribution in [-0.4, -0.2) is 22.6 Å². The van der Waals surface area contributed by atoms with Crippen LogP contribution in [0.15, 0.2) is 6.20 Å². The van der Waals surface area contributed by atoms with Crippen LogP contribution in [0, 0.1) is 19.8 Å². The molecular weight excluding hydrogens is 162 g/mol. The summed E-state index contributed by atoms with van der Waals surface area (Å²) in [6.07, 6.45) is 3.26. The van der Waals surface area contributed by atoms with Crippen LogP contribution in [0.25, 0.3) is 0 Å². The zero-order valence-corrected chi connectivity index (χ0v) is 8.38. The summed E-state index contributed by atoms with van der Waals surface area (Å²) in [6, 6.07) is 0. The second-order valence-electron chi connectivity index (χ2n) is 3.92. The van der Waals surface area contributed by atoms with E-state index in [0.717, 1.165) is 24.8 Å². The molecule has 1 atom stereocenters. The van der Waals surface area contributed by atoms with Crippen LogP contribution in [0.2, 0.25) is 0 Å². The molecule has 2 heterocycles. The van der Waals surface area contributed by atoms with Gasteiger partial charge in [-0.1, -0.05) is 0 Å². The zero-order chi connectivity index (χ0) is 9.26. The highest BCUT2D eigenvalue weighted by molar-refractivity contribution is 5.02. The molecule has 0 radical (unpaired) electrons. The average Bonchev–Trinajstić information content (AvgIpc) is 2.70. The lowest BCUT2D eigenvalue weighted by Gasteiger charge is -2.12. The van der Waals surface area contributed by atoms with Gasteiger partial charge in [-0.2, -0.15) is 0 Å². The van der Waals surface area contributed by atoms with Crippen LogP contribution in [-0.2, 0) is 6.54 Å². The van der Waals surface area contributed by atoms with Crippen LogP contribution < -0.4 is 5.32 Å². The highest BCUT2D eigenvalue weighted by Crippen LogP contribution is 2.13. The highest BCUT2D eigenvalue weighted by Gasteiger charge is 2.16. The lowest BCUT2D eigenvalue weighted by atomic mass is 10.1. The van der Waals surface area contributed by atoms with E-state index in [-0.39, 0.29) is 0 Å². The maximum atomic E-state index is 4.30. The van der Waals surface area contributed by atoms with E-state index < -0.39 is 0 Å². The predicted molar refractivity (Wildman–Crippen MR) is 52.7 cm³/mol. The molecule has 0 amide bonds. The Morgan fingerprint density at radius 1 is 1.62 bits per heavy atom. The fourth-order valence-electron chi connectivity index (χ4n) is 1.99. The van der Waals surface area contributed by atoms with Crippen molar-refractivity contribution in [3.63, 3.8) is 0 Å². The molecule has 13 heavy (non-hydrogen) atoms. The quantitative estimate of drug-likeness (QED) is 0.737. The summed E-state index contributed by atoms with van der Waals surface area (Å²) in [5.41, 5.74) is 1.28. The fourth-order valence-corrected chi connectivity index (χ4v) is 1.99. The maximum Gasteiger partial charge on any atom is 0.105 e. The van der Waals surface area contributed by atoms with Crippen LogP contribution >= 0.6 is 0 Å². The Morgan fingerprint density at radius 3 is 3.00 bits per heavy atom. The van der Waals surface area contributed by atoms with Crippen LogP contribution in [0.5, 0.6) is 0 Å². The molecule has 1 aromatic rings. The Kier molecular flexibility index (Phi) is 2.36. The van der Waals surface area contributed by atoms with Gasteiger partial charge in [0.05, 0.1) is 0 Å². The first-order chi connectivity index (χ1) is 6.27. The molecule has 1 aromatic heterocycles. The summed E-state index contributed by atoms with van der Waals surface area (Å²) in [5, 5.41) is 3.39. The van der Waals surface area contributed by atoms with E-state index in [2.05, 4.69) is 28.7 Å². The molecule has 0 aliphatic carbocycles. The molecule has 0 aromatic carbocycles. The number of nitrogens with zero attached hydrogens (tertiary/aromatic N) is 2. The summed E-state index contributed by atoms with van der Waals surface area (Å²) < 4.78 is 2.32. The summed E-state index contributed by atoms with van der Waals surface area (Å²) >= 11 is 0. The number of imidazole rings is 1. The lowest BCUT2D eigenvalue weighted by molar-refractivity contribution is 0.468. The zero-order valence-electron chi connectivity index (χ0n) is 8.38. The normalized spacial score (nSPS) is 22.5. The standard InChI is InChI=1S/C10H17N3/c1-8-5-12-9(2)13(8)7-10-3-4-11-6-10/h5,10-11H,3-4,6-7H2,1-2H3. The first-order valence-electron chi connectivity index (χ1n) is 4.97. The number of hydrogen-bond donors (Lipinski definition) is 1. The van der Waals surface area contributed by atoms with Gasteiger partial charge in [0.15, 0.2) is 0 Å². The Hall–Kier alpha value is -0.830. The van der Waals surface area contributed by atoms with Crippen molar-refractivity contribution in [1.29, 1.82) is 0 Å². The number of hydrogen-bond acceptors (Lipinski definition) is 2. The van der Waals surface area contributed by atoms with Crippen LogP contribution in [0.1, 0.15) is 17.9 Å². The van der Waals surface area contributed by atoms with Crippen molar-refractivity contribution in [2.75, 3.05) is 13.1 Å². The third kappa shape index (κ3) is 1.75. The minimum Gasteiger partial charge on any atom is -0.332 e. The van der Waals surface area contributed by atoms with Gasteiger partial charge in [0, 0.05) is 18.4 Å². The molecule has 1 N–H and O–H groups in total. The van der Waals surface area contributed by atoms with Crippen molar-refractivity contribution < 1.29 is 0 Å². The van der Waals surface area contributed by atoms with Gasteiger partial charge in [-0.25, -0.2) is 4.98 Å². The Balaban J connectivity index is 2.07. The first-order valence-corrected chi connectivity index (χ1v) is 4.97. The second-order valence-corrected chi connectivity index (χ2v) is 3.92. The molecule has 0 saturated carbocycles. The lowest BCUT2D eigenvalue weighted by Crippen LogP contribution is -2.16. The average molecular weight is 179 g/mol. The minimum absolute atomic E-state index is 0.798. The van der Waals surface area contributed by atoms with Gasteiger partial charge in [-0.3, -0.25) is 0 Å². The van der Waals surface area contributed by atoms with Gasteiger partial charge in [0.1, 0.15) is 5.82 Å². The van der Waals surface area contributed by atoms with E-state index in [0.29, 0.717) is 0 Å². The van der Waals surface area contributed by atoms with Crippen molar-refractivity contribution in [2.24, 2.45) is 5.92 Å². The smallest absolute Gasteiger partial charge is 0.105 e. The van der Waals surface area contributed by atoms with Crippen molar-refractivity contribution >= 4 is 0 Å². The van der Waals surface area contributed by atoms with Crippen LogP contribution in [0.3, 0.4) is 0 Å². The SMILES string of the molecule is Cc1cnc(C)n1CC1CCNC1. The minimum atomic E-state index is 0.798. The molecule has 2 rings (SSSR count). The molecule has 0 bridgehead atoms. The van der Waals surface area contributed by atoms with Crippen molar-refractivity contribution in [2.45, 2.75) is 26.8 Å². The second kappa shape index (κ2) is 3.50. The first kappa shape index (κ1) is 8.75. The van der Waals surface area contributed by atoms with E-state index in [1.807, 2.05) is 6.20 Å². The molecular formula is C10H17N3. The Bertz CT molecular complexity index is 265. The number of aromatic nitrogens is 2. The number of aryl methyl sites for hydroxylation is 2. The molecule has 1 aliphatic heterocycles.